The molecule has 1 aliphatic heterocycles. The molecule has 3 aromatic rings. The number of halogens is 1. The molecule has 0 bridgehead atoms. The van der Waals surface area contributed by atoms with Crippen molar-refractivity contribution in [3.05, 3.63) is 101 Å². The second kappa shape index (κ2) is 10.4. The normalized spacial score (nSPS) is 13.4. The summed E-state index contributed by atoms with van der Waals surface area (Å²) >= 11 is 1.17. The van der Waals surface area contributed by atoms with Crippen LogP contribution >= 0.6 is 11.8 Å². The highest BCUT2D eigenvalue weighted by molar-refractivity contribution is 8.04. The third-order valence-electron chi connectivity index (χ3n) is 4.92. The summed E-state index contributed by atoms with van der Waals surface area (Å²) in [5, 5.41) is 2.98. The number of hydrogen-bond donors (Lipinski definition) is 1. The molecule has 4 rings (SSSR count). The number of anilines is 2. The first-order chi connectivity index (χ1) is 16.5. The van der Waals surface area contributed by atoms with Gasteiger partial charge in [-0.2, -0.15) is 0 Å². The van der Waals surface area contributed by atoms with Crippen LogP contribution in [0, 0.1) is 5.82 Å². The fourth-order valence-electron chi connectivity index (χ4n) is 3.26. The maximum atomic E-state index is 13.4. The second-order valence-corrected chi connectivity index (χ2v) is 8.46. The second-order valence-electron chi connectivity index (χ2n) is 7.38. The SMILES string of the molecule is CCCOC(=O)c1ccc(N2C(=O)C(Nc3ccc(F)cc3)=C(Sc3ccccc3)C2=O)cc1. The summed E-state index contributed by atoms with van der Waals surface area (Å²) in [6.45, 7) is 2.21. The van der Waals surface area contributed by atoms with Gasteiger partial charge in [-0.15, -0.1) is 0 Å². The Labute approximate surface area is 200 Å². The standard InChI is InChI=1S/C26H21FN2O4S/c1-2-16-33-26(32)17-8-14-20(15-9-17)29-24(30)22(28-19-12-10-18(27)11-13-19)23(25(29)31)34-21-6-4-3-5-7-21/h3-15,28H,2,16H2,1H3. The van der Waals surface area contributed by atoms with Crippen molar-refractivity contribution < 1.29 is 23.5 Å². The minimum Gasteiger partial charge on any atom is -0.462 e. The number of thioether (sulfide) groups is 1. The molecule has 1 aliphatic rings. The number of carbonyl (C=O) groups excluding carboxylic acids is 3. The van der Waals surface area contributed by atoms with Gasteiger partial charge in [0.05, 0.1) is 17.9 Å². The Kier molecular flexibility index (Phi) is 7.08. The lowest BCUT2D eigenvalue weighted by Gasteiger charge is -2.15. The Morgan fingerprint density at radius 2 is 1.62 bits per heavy atom. The van der Waals surface area contributed by atoms with Crippen molar-refractivity contribution in [2.45, 2.75) is 18.2 Å². The van der Waals surface area contributed by atoms with Gasteiger partial charge in [0.2, 0.25) is 0 Å². The Balaban J connectivity index is 1.64. The molecule has 8 heteroatoms. The smallest absolute Gasteiger partial charge is 0.338 e. The molecule has 6 nitrogen and oxygen atoms in total. The summed E-state index contributed by atoms with van der Waals surface area (Å²) in [5.74, 6) is -1.92. The number of ether oxygens (including phenoxy) is 1. The zero-order valence-electron chi connectivity index (χ0n) is 18.3. The highest BCUT2D eigenvalue weighted by atomic mass is 32.2. The van der Waals surface area contributed by atoms with Crippen LogP contribution in [-0.2, 0) is 14.3 Å². The fourth-order valence-corrected chi connectivity index (χ4v) is 4.21. The van der Waals surface area contributed by atoms with Gasteiger partial charge in [0, 0.05) is 10.6 Å². The van der Waals surface area contributed by atoms with Gasteiger partial charge in [0.15, 0.2) is 0 Å². The van der Waals surface area contributed by atoms with Gasteiger partial charge in [-0.3, -0.25) is 9.59 Å². The van der Waals surface area contributed by atoms with Crippen LogP contribution in [0.2, 0.25) is 0 Å². The number of nitrogens with zero attached hydrogens (tertiary/aromatic N) is 1. The zero-order chi connectivity index (χ0) is 24.1. The quantitative estimate of drug-likeness (QED) is 0.347. The predicted octanol–water partition coefficient (Wildman–Crippen LogP) is 5.38. The summed E-state index contributed by atoms with van der Waals surface area (Å²) < 4.78 is 18.5. The number of amides is 2. The van der Waals surface area contributed by atoms with Crippen LogP contribution in [0.1, 0.15) is 23.7 Å². The molecule has 0 spiro atoms. The number of esters is 1. The number of rotatable bonds is 8. The number of carbonyl (C=O) groups is 3. The summed E-state index contributed by atoms with van der Waals surface area (Å²) in [4.78, 5) is 40.9. The Morgan fingerprint density at radius 1 is 0.941 bits per heavy atom. The van der Waals surface area contributed by atoms with Crippen molar-refractivity contribution >= 4 is 40.9 Å². The van der Waals surface area contributed by atoms with Gasteiger partial charge in [-0.25, -0.2) is 14.1 Å². The van der Waals surface area contributed by atoms with Crippen molar-refractivity contribution in [2.24, 2.45) is 0 Å². The van der Waals surface area contributed by atoms with E-state index in [0.717, 1.165) is 9.80 Å². The lowest BCUT2D eigenvalue weighted by Crippen LogP contribution is -2.32. The monoisotopic (exact) mass is 476 g/mol. The first kappa shape index (κ1) is 23.3. The van der Waals surface area contributed by atoms with Crippen LogP contribution in [0.4, 0.5) is 15.8 Å². The molecule has 1 heterocycles. The van der Waals surface area contributed by atoms with Crippen molar-refractivity contribution in [3.63, 3.8) is 0 Å². The largest absolute Gasteiger partial charge is 0.462 e. The molecule has 2 amide bonds. The molecular weight excluding hydrogens is 455 g/mol. The molecule has 172 valence electrons. The maximum Gasteiger partial charge on any atom is 0.338 e. The van der Waals surface area contributed by atoms with Crippen LogP contribution in [0.15, 0.2) is 94.4 Å². The minimum atomic E-state index is -0.547. The first-order valence-electron chi connectivity index (χ1n) is 10.6. The highest BCUT2D eigenvalue weighted by Crippen LogP contribution is 2.37. The van der Waals surface area contributed by atoms with E-state index in [2.05, 4.69) is 5.32 Å². The van der Waals surface area contributed by atoms with E-state index in [1.165, 1.54) is 60.3 Å². The van der Waals surface area contributed by atoms with E-state index in [1.807, 2.05) is 37.3 Å². The van der Waals surface area contributed by atoms with Gasteiger partial charge in [-0.1, -0.05) is 36.9 Å². The van der Waals surface area contributed by atoms with E-state index in [0.29, 0.717) is 30.0 Å². The molecule has 0 atom stereocenters. The van der Waals surface area contributed by atoms with E-state index >= 15 is 0 Å². The molecule has 0 saturated heterocycles. The Hall–Kier alpha value is -3.91. The van der Waals surface area contributed by atoms with Gasteiger partial charge in [0.25, 0.3) is 11.8 Å². The maximum absolute atomic E-state index is 13.4. The third-order valence-corrected chi connectivity index (χ3v) is 6.01. The zero-order valence-corrected chi connectivity index (χ0v) is 19.1. The average Bonchev–Trinajstić information content (AvgIpc) is 3.08. The van der Waals surface area contributed by atoms with Crippen LogP contribution in [-0.4, -0.2) is 24.4 Å². The van der Waals surface area contributed by atoms with Crippen LogP contribution < -0.4 is 10.2 Å². The van der Waals surface area contributed by atoms with Crippen LogP contribution in [0.5, 0.6) is 0 Å². The average molecular weight is 477 g/mol. The summed E-state index contributed by atoms with van der Waals surface area (Å²) in [5.41, 5.74) is 1.22. The fraction of sp³-hybridized carbons (Fsp3) is 0.115. The van der Waals surface area contributed by atoms with Gasteiger partial charge >= 0.3 is 5.97 Å². The number of imide groups is 1. The molecule has 34 heavy (non-hydrogen) atoms. The molecule has 0 aliphatic carbocycles. The number of nitrogens with one attached hydrogen (secondary N) is 1. The molecule has 0 aromatic heterocycles. The Bertz CT molecular complexity index is 1240. The molecule has 3 aromatic carbocycles. The summed E-state index contributed by atoms with van der Waals surface area (Å²) in [6.07, 6.45) is 0.706. The minimum absolute atomic E-state index is 0.0943. The topological polar surface area (TPSA) is 75.7 Å². The van der Waals surface area contributed by atoms with E-state index in [1.54, 1.807) is 0 Å². The van der Waals surface area contributed by atoms with Crippen molar-refractivity contribution in [2.75, 3.05) is 16.8 Å². The molecule has 0 unspecified atom stereocenters. The van der Waals surface area contributed by atoms with Gasteiger partial charge in [-0.05, 0) is 67.1 Å². The molecule has 0 saturated carbocycles. The van der Waals surface area contributed by atoms with Crippen molar-refractivity contribution in [3.8, 4) is 0 Å². The van der Waals surface area contributed by atoms with E-state index in [9.17, 15) is 18.8 Å². The molecule has 0 fully saturated rings. The number of benzene rings is 3. The molecule has 0 radical (unpaired) electrons. The van der Waals surface area contributed by atoms with E-state index in [4.69, 9.17) is 4.74 Å². The lowest BCUT2D eigenvalue weighted by atomic mass is 10.2. The van der Waals surface area contributed by atoms with Crippen molar-refractivity contribution in [1.82, 2.24) is 0 Å². The van der Waals surface area contributed by atoms with Crippen LogP contribution in [0.3, 0.4) is 0 Å². The molecular formula is C26H21FN2O4S. The number of hydrogen-bond acceptors (Lipinski definition) is 6. The predicted molar refractivity (Wildman–Crippen MR) is 129 cm³/mol. The van der Waals surface area contributed by atoms with Crippen LogP contribution in [0.25, 0.3) is 0 Å². The summed E-state index contributed by atoms with van der Waals surface area (Å²) in [7, 11) is 0. The molecule has 1 N–H and O–H groups in total. The van der Waals surface area contributed by atoms with Gasteiger partial charge < -0.3 is 10.1 Å². The third kappa shape index (κ3) is 5.02. The first-order valence-corrected chi connectivity index (χ1v) is 11.5. The lowest BCUT2D eigenvalue weighted by molar-refractivity contribution is -0.120. The van der Waals surface area contributed by atoms with Crippen molar-refractivity contribution in [1.29, 1.82) is 0 Å². The Morgan fingerprint density at radius 3 is 2.26 bits per heavy atom. The van der Waals surface area contributed by atoms with E-state index in [-0.39, 0.29) is 10.6 Å². The highest BCUT2D eigenvalue weighted by Gasteiger charge is 2.40. The summed E-state index contributed by atoms with van der Waals surface area (Å²) in [6, 6.07) is 20.8. The van der Waals surface area contributed by atoms with Gasteiger partial charge in [0.1, 0.15) is 16.4 Å². The van der Waals surface area contributed by atoms with E-state index < -0.39 is 23.6 Å².